The van der Waals surface area contributed by atoms with Crippen molar-refractivity contribution in [3.05, 3.63) is 40.4 Å². The number of rotatable bonds is 6. The van der Waals surface area contributed by atoms with E-state index in [1.165, 1.54) is 6.08 Å². The highest BCUT2D eigenvalue weighted by Gasteiger charge is 2.03. The van der Waals surface area contributed by atoms with Crippen LogP contribution in [0.15, 0.2) is 34.8 Å². The number of halogens is 1. The molecule has 0 bridgehead atoms. The van der Waals surface area contributed by atoms with Gasteiger partial charge in [-0.25, -0.2) is 4.79 Å². The molecule has 0 saturated heterocycles. The second-order valence-corrected chi connectivity index (χ2v) is 4.76. The van der Waals surface area contributed by atoms with Crippen LogP contribution in [-0.4, -0.2) is 25.0 Å². The Morgan fingerprint density at radius 3 is 2.89 bits per heavy atom. The molecular formula is C14H16BrNO3. The number of ether oxygens (including phenoxy) is 1. The Kier molecular flexibility index (Phi) is 6.89. The van der Waals surface area contributed by atoms with Gasteiger partial charge in [0.1, 0.15) is 0 Å². The van der Waals surface area contributed by atoms with E-state index in [1.54, 1.807) is 6.08 Å². The van der Waals surface area contributed by atoms with Gasteiger partial charge in [-0.3, -0.25) is 4.79 Å². The number of hydrogen-bond acceptors (Lipinski definition) is 3. The fourth-order valence-electron chi connectivity index (χ4n) is 1.27. The molecule has 0 heterocycles. The third kappa shape index (κ3) is 6.76. The van der Waals surface area contributed by atoms with Gasteiger partial charge < -0.3 is 10.1 Å². The number of carbonyl (C=O) groups is 2. The molecule has 1 N–H and O–H groups in total. The molecule has 1 rings (SSSR count). The Morgan fingerprint density at radius 2 is 2.21 bits per heavy atom. The van der Waals surface area contributed by atoms with E-state index < -0.39 is 5.97 Å². The molecule has 0 spiro atoms. The summed E-state index contributed by atoms with van der Waals surface area (Å²) in [5.41, 5.74) is 0.877. The van der Waals surface area contributed by atoms with Gasteiger partial charge in [-0.2, -0.15) is 0 Å². The summed E-state index contributed by atoms with van der Waals surface area (Å²) in [6.45, 7) is 2.29. The summed E-state index contributed by atoms with van der Waals surface area (Å²) in [6.07, 6.45) is 3.79. The fraction of sp³-hybridized carbons (Fsp3) is 0.286. The van der Waals surface area contributed by atoms with E-state index in [4.69, 9.17) is 4.74 Å². The minimum absolute atomic E-state index is 0.248. The van der Waals surface area contributed by atoms with Gasteiger partial charge in [-0.1, -0.05) is 35.0 Å². The highest BCUT2D eigenvalue weighted by molar-refractivity contribution is 9.10. The van der Waals surface area contributed by atoms with E-state index in [1.807, 2.05) is 31.2 Å². The summed E-state index contributed by atoms with van der Waals surface area (Å²) >= 11 is 3.34. The lowest BCUT2D eigenvalue weighted by Crippen LogP contribution is -2.28. The van der Waals surface area contributed by atoms with Crippen molar-refractivity contribution < 1.29 is 14.3 Å². The Labute approximate surface area is 121 Å². The molecule has 1 aromatic rings. The fourth-order valence-corrected chi connectivity index (χ4v) is 1.69. The van der Waals surface area contributed by atoms with Crippen molar-refractivity contribution in [3.63, 3.8) is 0 Å². The highest BCUT2D eigenvalue weighted by Crippen LogP contribution is 2.12. The third-order valence-corrected chi connectivity index (χ3v) is 2.67. The van der Waals surface area contributed by atoms with Crippen LogP contribution in [0.2, 0.25) is 0 Å². The van der Waals surface area contributed by atoms with Crippen LogP contribution < -0.4 is 5.32 Å². The molecule has 1 amide bonds. The number of benzene rings is 1. The average Bonchev–Trinajstić information content (AvgIpc) is 2.40. The lowest BCUT2D eigenvalue weighted by atomic mass is 10.2. The van der Waals surface area contributed by atoms with Gasteiger partial charge in [0.15, 0.2) is 6.61 Å². The minimum Gasteiger partial charge on any atom is -0.452 e. The third-order valence-electron chi connectivity index (χ3n) is 2.18. The summed E-state index contributed by atoms with van der Waals surface area (Å²) in [6, 6.07) is 7.50. The van der Waals surface area contributed by atoms with Crippen LogP contribution in [0.5, 0.6) is 0 Å². The lowest BCUT2D eigenvalue weighted by molar-refractivity contribution is -0.143. The van der Waals surface area contributed by atoms with E-state index >= 15 is 0 Å². The smallest absolute Gasteiger partial charge is 0.331 e. The number of nitrogens with one attached hydrogen (secondary N) is 1. The van der Waals surface area contributed by atoms with Gasteiger partial charge in [0.25, 0.3) is 5.91 Å². The summed E-state index contributed by atoms with van der Waals surface area (Å²) in [7, 11) is 0. The predicted octanol–water partition coefficient (Wildman–Crippen LogP) is 2.53. The zero-order valence-corrected chi connectivity index (χ0v) is 12.3. The maximum atomic E-state index is 11.4. The molecule has 0 atom stereocenters. The quantitative estimate of drug-likeness (QED) is 0.646. The predicted molar refractivity (Wildman–Crippen MR) is 77.4 cm³/mol. The molecule has 0 aliphatic rings. The topological polar surface area (TPSA) is 55.4 Å². The molecule has 4 nitrogen and oxygen atoms in total. The molecule has 0 fully saturated rings. The van der Waals surface area contributed by atoms with Crippen molar-refractivity contribution in [2.45, 2.75) is 13.3 Å². The van der Waals surface area contributed by atoms with Gasteiger partial charge in [0.2, 0.25) is 0 Å². The van der Waals surface area contributed by atoms with Crippen LogP contribution in [0.25, 0.3) is 6.08 Å². The minimum atomic E-state index is -0.536. The van der Waals surface area contributed by atoms with E-state index in [0.29, 0.717) is 6.54 Å². The normalized spacial score (nSPS) is 10.4. The SMILES string of the molecule is CCCNC(=O)COC(=O)/C=C/c1cccc(Br)c1. The lowest BCUT2D eigenvalue weighted by Gasteiger charge is -2.03. The monoisotopic (exact) mass is 325 g/mol. The van der Waals surface area contributed by atoms with Crippen molar-refractivity contribution in [2.24, 2.45) is 0 Å². The Hall–Kier alpha value is -1.62. The zero-order chi connectivity index (χ0) is 14.1. The molecule has 0 aliphatic carbocycles. The molecule has 5 heteroatoms. The van der Waals surface area contributed by atoms with Gasteiger partial charge in [-0.05, 0) is 30.2 Å². The largest absolute Gasteiger partial charge is 0.452 e. The summed E-state index contributed by atoms with van der Waals surface area (Å²) in [5, 5.41) is 2.62. The summed E-state index contributed by atoms with van der Waals surface area (Å²) < 4.78 is 5.74. The molecule has 102 valence electrons. The number of esters is 1. The van der Waals surface area contributed by atoms with Crippen molar-refractivity contribution in [1.82, 2.24) is 5.32 Å². The van der Waals surface area contributed by atoms with Crippen molar-refractivity contribution in [1.29, 1.82) is 0 Å². The second-order valence-electron chi connectivity index (χ2n) is 3.85. The van der Waals surface area contributed by atoms with Gasteiger partial charge in [0.05, 0.1) is 0 Å². The molecule has 19 heavy (non-hydrogen) atoms. The number of amides is 1. The van der Waals surface area contributed by atoms with E-state index in [2.05, 4.69) is 21.2 Å². The zero-order valence-electron chi connectivity index (χ0n) is 10.7. The second kappa shape index (κ2) is 8.48. The number of hydrogen-bond donors (Lipinski definition) is 1. The average molecular weight is 326 g/mol. The molecule has 0 saturated carbocycles. The van der Waals surface area contributed by atoms with E-state index in [9.17, 15) is 9.59 Å². The van der Waals surface area contributed by atoms with E-state index in [0.717, 1.165) is 16.5 Å². The van der Waals surface area contributed by atoms with E-state index in [-0.39, 0.29) is 12.5 Å². The van der Waals surface area contributed by atoms with Gasteiger partial charge in [0, 0.05) is 17.1 Å². The maximum Gasteiger partial charge on any atom is 0.331 e. The first-order chi connectivity index (χ1) is 9.11. The maximum absolute atomic E-state index is 11.4. The summed E-state index contributed by atoms with van der Waals surface area (Å²) in [4.78, 5) is 22.6. The van der Waals surface area contributed by atoms with Crippen molar-refractivity contribution in [2.75, 3.05) is 13.2 Å². The van der Waals surface area contributed by atoms with Crippen LogP contribution >= 0.6 is 15.9 Å². The molecule has 0 aliphatic heterocycles. The molecule has 1 aromatic carbocycles. The van der Waals surface area contributed by atoms with Crippen LogP contribution in [0.3, 0.4) is 0 Å². The molecule has 0 radical (unpaired) electrons. The summed E-state index contributed by atoms with van der Waals surface area (Å²) in [5.74, 6) is -0.822. The van der Waals surface area contributed by atoms with Crippen LogP contribution in [0.1, 0.15) is 18.9 Å². The molecule has 0 unspecified atom stereocenters. The van der Waals surface area contributed by atoms with Gasteiger partial charge >= 0.3 is 5.97 Å². The molecule has 0 aromatic heterocycles. The van der Waals surface area contributed by atoms with Gasteiger partial charge in [-0.15, -0.1) is 0 Å². The first kappa shape index (κ1) is 15.4. The standard InChI is InChI=1S/C14H16BrNO3/c1-2-8-16-13(17)10-19-14(18)7-6-11-4-3-5-12(15)9-11/h3-7,9H,2,8,10H2,1H3,(H,16,17)/b7-6+. The molecular weight excluding hydrogens is 310 g/mol. The van der Waals surface area contributed by atoms with Crippen molar-refractivity contribution >= 4 is 33.9 Å². The van der Waals surface area contributed by atoms with Crippen LogP contribution in [0.4, 0.5) is 0 Å². The van der Waals surface area contributed by atoms with Crippen LogP contribution in [-0.2, 0) is 14.3 Å². The Balaban J connectivity index is 2.37. The Morgan fingerprint density at radius 1 is 1.42 bits per heavy atom. The first-order valence-electron chi connectivity index (χ1n) is 5.99. The van der Waals surface area contributed by atoms with Crippen molar-refractivity contribution in [3.8, 4) is 0 Å². The number of carbonyl (C=O) groups excluding carboxylic acids is 2. The van der Waals surface area contributed by atoms with Crippen LogP contribution in [0, 0.1) is 0 Å². The highest BCUT2D eigenvalue weighted by atomic mass is 79.9. The Bertz CT molecular complexity index is 472. The first-order valence-corrected chi connectivity index (χ1v) is 6.78.